The molecular formula is C31H37Cl2N5O3. The first kappa shape index (κ1) is 29.4. The van der Waals surface area contributed by atoms with Gasteiger partial charge in [-0.3, -0.25) is 19.1 Å². The largest absolute Gasteiger partial charge is 0.494 e. The number of piperazine rings is 1. The van der Waals surface area contributed by atoms with Crippen LogP contribution in [0.3, 0.4) is 0 Å². The van der Waals surface area contributed by atoms with Gasteiger partial charge in [0.15, 0.2) is 0 Å². The van der Waals surface area contributed by atoms with E-state index in [0.717, 1.165) is 101 Å². The highest BCUT2D eigenvalue weighted by molar-refractivity contribution is 6.43. The number of carbonyl (C=O) groups is 1. The first-order chi connectivity index (χ1) is 20.0. The predicted molar refractivity (Wildman–Crippen MR) is 165 cm³/mol. The van der Waals surface area contributed by atoms with E-state index in [1.165, 1.54) is 11.6 Å². The molecule has 0 bridgehead atoms. The molecule has 0 saturated carbocycles. The summed E-state index contributed by atoms with van der Waals surface area (Å²) in [7, 11) is 0. The van der Waals surface area contributed by atoms with Crippen molar-refractivity contribution in [3.8, 4) is 5.75 Å². The van der Waals surface area contributed by atoms with Crippen LogP contribution in [0.1, 0.15) is 43.5 Å². The zero-order valence-electron chi connectivity index (χ0n) is 23.3. The van der Waals surface area contributed by atoms with Gasteiger partial charge in [0.1, 0.15) is 11.6 Å². The zero-order chi connectivity index (χ0) is 28.6. The van der Waals surface area contributed by atoms with E-state index in [2.05, 4.69) is 26.2 Å². The molecule has 3 aliphatic heterocycles. The van der Waals surface area contributed by atoms with Gasteiger partial charge in [-0.05, 0) is 62.4 Å². The van der Waals surface area contributed by atoms with Gasteiger partial charge >= 0.3 is 0 Å². The van der Waals surface area contributed by atoms with E-state index in [1.54, 1.807) is 10.8 Å². The van der Waals surface area contributed by atoms with Crippen LogP contribution < -0.4 is 20.5 Å². The SMILES string of the molecule is O=C1CCc2ccc(OCCCCN3CCN(c4cccc(Cl)c4Cl)CC3)cc2N1.O=c1ccnc2n1CCCC2. The van der Waals surface area contributed by atoms with Gasteiger partial charge in [0.25, 0.3) is 5.56 Å². The molecule has 1 N–H and O–H groups in total. The number of anilines is 2. The summed E-state index contributed by atoms with van der Waals surface area (Å²) in [6.07, 6.45) is 8.29. The van der Waals surface area contributed by atoms with E-state index >= 15 is 0 Å². The molecule has 1 saturated heterocycles. The van der Waals surface area contributed by atoms with Gasteiger partial charge in [0.05, 0.1) is 22.3 Å². The van der Waals surface area contributed by atoms with Gasteiger partial charge in [0, 0.05) is 69.6 Å². The molecule has 0 radical (unpaired) electrons. The number of halogens is 2. The van der Waals surface area contributed by atoms with E-state index in [0.29, 0.717) is 23.1 Å². The third kappa shape index (κ3) is 7.82. The van der Waals surface area contributed by atoms with E-state index in [1.807, 2.05) is 30.3 Å². The van der Waals surface area contributed by atoms with Gasteiger partial charge in [-0.2, -0.15) is 0 Å². The molecule has 218 valence electrons. The maximum atomic E-state index is 11.5. The van der Waals surface area contributed by atoms with Crippen LogP contribution >= 0.6 is 23.2 Å². The number of ether oxygens (including phenoxy) is 1. The van der Waals surface area contributed by atoms with Crippen LogP contribution in [0.4, 0.5) is 11.4 Å². The van der Waals surface area contributed by atoms with Gasteiger partial charge in [0.2, 0.25) is 5.91 Å². The van der Waals surface area contributed by atoms with Crippen LogP contribution in [-0.2, 0) is 24.2 Å². The van der Waals surface area contributed by atoms with Crippen molar-refractivity contribution in [3.05, 3.63) is 80.4 Å². The van der Waals surface area contributed by atoms with Crippen LogP contribution in [0.5, 0.6) is 5.75 Å². The van der Waals surface area contributed by atoms with Crippen LogP contribution in [0.25, 0.3) is 0 Å². The monoisotopic (exact) mass is 597 g/mol. The molecule has 3 aliphatic rings. The summed E-state index contributed by atoms with van der Waals surface area (Å²) in [5, 5.41) is 4.18. The smallest absolute Gasteiger partial charge is 0.253 e. The van der Waals surface area contributed by atoms with Crippen LogP contribution in [0.15, 0.2) is 53.5 Å². The van der Waals surface area contributed by atoms with Gasteiger partial charge in [-0.25, -0.2) is 4.98 Å². The average molecular weight is 599 g/mol. The molecule has 3 aromatic rings. The van der Waals surface area contributed by atoms with Crippen LogP contribution in [-0.4, -0.2) is 59.7 Å². The van der Waals surface area contributed by atoms with Crippen molar-refractivity contribution < 1.29 is 9.53 Å². The minimum atomic E-state index is 0.0809. The molecule has 4 heterocycles. The molecule has 8 nitrogen and oxygen atoms in total. The standard InChI is InChI=1S/C23H27Cl2N3O2.C8H10N2O/c24-19-4-3-5-21(23(19)25)28-13-11-27(12-14-28)10-1-2-15-30-18-8-6-17-7-9-22(29)26-20(17)16-18;11-8-4-5-9-7-3-1-2-6-10(7)8/h3-6,8,16H,1-2,7,9-15H2,(H,26,29);4-5H,1-3,6H2. The van der Waals surface area contributed by atoms with Gasteiger partial charge in [-0.15, -0.1) is 0 Å². The Morgan fingerprint density at radius 3 is 2.59 bits per heavy atom. The molecular weight excluding hydrogens is 561 g/mol. The third-order valence-corrected chi connectivity index (χ3v) is 8.62. The Morgan fingerprint density at radius 1 is 0.902 bits per heavy atom. The second kappa shape index (κ2) is 14.2. The number of nitrogens with one attached hydrogen (secondary N) is 1. The first-order valence-electron chi connectivity index (χ1n) is 14.5. The van der Waals surface area contributed by atoms with Crippen LogP contribution in [0.2, 0.25) is 10.0 Å². The van der Waals surface area contributed by atoms with Crippen molar-refractivity contribution in [1.82, 2.24) is 14.5 Å². The first-order valence-corrected chi connectivity index (χ1v) is 15.2. The Balaban J connectivity index is 0.000000255. The van der Waals surface area contributed by atoms with Crippen molar-refractivity contribution in [2.45, 2.75) is 51.5 Å². The molecule has 2 aromatic carbocycles. The minimum absolute atomic E-state index is 0.0809. The number of carbonyl (C=O) groups excluding carboxylic acids is 1. The van der Waals surface area contributed by atoms with Gasteiger partial charge in [-0.1, -0.05) is 35.3 Å². The van der Waals surface area contributed by atoms with E-state index in [-0.39, 0.29) is 11.5 Å². The number of hydrogen-bond acceptors (Lipinski definition) is 6. The fraction of sp³-hybridized carbons (Fsp3) is 0.452. The number of benzene rings is 2. The predicted octanol–water partition coefficient (Wildman–Crippen LogP) is 5.44. The van der Waals surface area contributed by atoms with E-state index in [4.69, 9.17) is 27.9 Å². The molecule has 41 heavy (non-hydrogen) atoms. The summed E-state index contributed by atoms with van der Waals surface area (Å²) in [4.78, 5) is 31.7. The molecule has 1 aromatic heterocycles. The Morgan fingerprint density at radius 2 is 1.76 bits per heavy atom. The highest BCUT2D eigenvalue weighted by Crippen LogP contribution is 2.33. The second-order valence-electron chi connectivity index (χ2n) is 10.6. The normalized spacial score (nSPS) is 16.6. The quantitative estimate of drug-likeness (QED) is 0.365. The summed E-state index contributed by atoms with van der Waals surface area (Å²) in [5.74, 6) is 1.85. The average Bonchev–Trinajstić information content (AvgIpc) is 2.99. The van der Waals surface area contributed by atoms with Crippen molar-refractivity contribution in [2.75, 3.05) is 49.5 Å². The molecule has 0 spiro atoms. The zero-order valence-corrected chi connectivity index (χ0v) is 24.8. The molecule has 10 heteroatoms. The lowest BCUT2D eigenvalue weighted by molar-refractivity contribution is -0.116. The fourth-order valence-electron chi connectivity index (χ4n) is 5.48. The molecule has 1 fully saturated rings. The number of fused-ring (bicyclic) bond motifs is 2. The Hall–Kier alpha value is -3.07. The lowest BCUT2D eigenvalue weighted by Crippen LogP contribution is -2.46. The third-order valence-electron chi connectivity index (χ3n) is 7.81. The maximum absolute atomic E-state index is 11.5. The molecule has 6 rings (SSSR count). The Kier molecular flexibility index (Phi) is 10.2. The number of rotatable bonds is 7. The summed E-state index contributed by atoms with van der Waals surface area (Å²) < 4.78 is 7.66. The fourth-order valence-corrected chi connectivity index (χ4v) is 5.90. The maximum Gasteiger partial charge on any atom is 0.253 e. The summed E-state index contributed by atoms with van der Waals surface area (Å²) in [5.41, 5.74) is 3.19. The minimum Gasteiger partial charge on any atom is -0.494 e. The number of aryl methyl sites for hydroxylation is 2. The highest BCUT2D eigenvalue weighted by atomic mass is 35.5. The number of nitrogens with zero attached hydrogens (tertiary/aromatic N) is 4. The Bertz CT molecular complexity index is 1400. The molecule has 0 unspecified atom stereocenters. The van der Waals surface area contributed by atoms with E-state index < -0.39 is 0 Å². The second-order valence-corrected chi connectivity index (χ2v) is 11.4. The van der Waals surface area contributed by atoms with Gasteiger partial charge < -0.3 is 15.0 Å². The summed E-state index contributed by atoms with van der Waals surface area (Å²) in [6, 6.07) is 13.3. The van der Waals surface area contributed by atoms with Crippen molar-refractivity contribution >= 4 is 40.5 Å². The molecule has 0 atom stereocenters. The van der Waals surface area contributed by atoms with E-state index in [9.17, 15) is 9.59 Å². The van der Waals surface area contributed by atoms with Crippen molar-refractivity contribution in [1.29, 1.82) is 0 Å². The number of unbranched alkanes of at least 4 members (excludes halogenated alkanes) is 1. The molecule has 1 amide bonds. The number of amides is 1. The summed E-state index contributed by atoms with van der Waals surface area (Å²) in [6.45, 7) is 6.56. The highest BCUT2D eigenvalue weighted by Gasteiger charge is 2.19. The van der Waals surface area contributed by atoms with Crippen LogP contribution in [0, 0.1) is 0 Å². The van der Waals surface area contributed by atoms with Crippen molar-refractivity contribution in [3.63, 3.8) is 0 Å². The Labute approximate surface area is 251 Å². The molecule has 0 aliphatic carbocycles. The summed E-state index contributed by atoms with van der Waals surface area (Å²) >= 11 is 12.5. The lowest BCUT2D eigenvalue weighted by atomic mass is 10.0. The topological polar surface area (TPSA) is 79.7 Å². The van der Waals surface area contributed by atoms with Crippen molar-refractivity contribution in [2.24, 2.45) is 0 Å². The lowest BCUT2D eigenvalue weighted by Gasteiger charge is -2.36. The number of hydrogen-bond donors (Lipinski definition) is 1. The number of aromatic nitrogens is 2.